The summed E-state index contributed by atoms with van der Waals surface area (Å²) in [4.78, 5) is 32.0. The number of nitrogens with zero attached hydrogens (tertiary/aromatic N) is 9. The van der Waals surface area contributed by atoms with Gasteiger partial charge in [0.1, 0.15) is 25.8 Å². The highest BCUT2D eigenvalue weighted by molar-refractivity contribution is 6.76. The minimum atomic E-state index is -1.18. The van der Waals surface area contributed by atoms with Crippen LogP contribution in [0.2, 0.25) is 25.7 Å². The van der Waals surface area contributed by atoms with E-state index in [9.17, 15) is 10.1 Å². The molecule has 4 aromatic rings. The number of nitriles is 1. The third-order valence-electron chi connectivity index (χ3n) is 11.2. The molecule has 2 fully saturated rings. The molecule has 0 N–H and O–H groups in total. The largest absolute Gasteiger partial charge is 0.462 e. The van der Waals surface area contributed by atoms with Gasteiger partial charge < -0.3 is 28.9 Å². The van der Waals surface area contributed by atoms with E-state index in [1.165, 1.54) is 11.1 Å². The van der Waals surface area contributed by atoms with Crippen LogP contribution in [0.15, 0.2) is 48.7 Å². The van der Waals surface area contributed by atoms with Gasteiger partial charge in [-0.1, -0.05) is 56.0 Å². The first-order valence-corrected chi connectivity index (χ1v) is 23.3. The van der Waals surface area contributed by atoms with Crippen LogP contribution in [0.4, 0.5) is 10.6 Å². The molecule has 0 unspecified atom stereocenters. The number of rotatable bonds is 14. The molecule has 13 nitrogen and oxygen atoms in total. The van der Waals surface area contributed by atoms with Crippen molar-refractivity contribution in [3.63, 3.8) is 0 Å². The highest BCUT2D eigenvalue weighted by Crippen LogP contribution is 2.35. The number of fused-ring (bicyclic) bond motifs is 2. The molecule has 55 heavy (non-hydrogen) atoms. The lowest BCUT2D eigenvalue weighted by Crippen LogP contribution is -2.55. The number of benzene rings is 2. The number of likely N-dealkylation sites (tertiary alicyclic amines) is 1. The van der Waals surface area contributed by atoms with E-state index in [1.807, 2.05) is 41.2 Å². The second kappa shape index (κ2) is 17.1. The van der Waals surface area contributed by atoms with E-state index in [4.69, 9.17) is 29.3 Å². The fraction of sp³-hybridized carbons (Fsp3) is 0.537. The Bertz CT molecular complexity index is 2000. The monoisotopic (exact) mass is 765 g/mol. The standard InChI is InChI=1S/C41H55N9O4Si/c1-30-13-14-38-34(22-43-50(38)29-52-20-21-55(3,4)5)35(30)24-47-25-36-37(26-47)44-40(53-28-33-12-9-17-46(33)2)45-39(36)48-18-19-49(32(23-48)15-16-42)41(51)54-27-31-10-7-6-8-11-31/h6-8,10-11,13-14,22,32-33H,9,12,15,17-21,23-29H2,1-5H3/t32-,33-/m0/s1. The molecule has 2 saturated heterocycles. The Hall–Kier alpha value is -4.55. The summed E-state index contributed by atoms with van der Waals surface area (Å²) < 4.78 is 20.1. The van der Waals surface area contributed by atoms with E-state index in [0.717, 1.165) is 72.1 Å². The number of aryl methyl sites for hydroxylation is 1. The number of amides is 1. The third kappa shape index (κ3) is 9.29. The molecule has 7 rings (SSSR count). The first kappa shape index (κ1) is 38.7. The lowest BCUT2D eigenvalue weighted by Gasteiger charge is -2.41. The second-order valence-electron chi connectivity index (χ2n) is 16.5. The Kier molecular flexibility index (Phi) is 12.0. The zero-order valence-corrected chi connectivity index (χ0v) is 34.0. The molecule has 3 aliphatic rings. The van der Waals surface area contributed by atoms with Crippen LogP contribution < -0.4 is 9.64 Å². The molecular formula is C41H55N9O4Si. The van der Waals surface area contributed by atoms with Crippen molar-refractivity contribution in [2.75, 3.05) is 51.3 Å². The second-order valence-corrected chi connectivity index (χ2v) is 22.1. The lowest BCUT2D eigenvalue weighted by atomic mass is 10.0. The van der Waals surface area contributed by atoms with Gasteiger partial charge in [-0.2, -0.15) is 20.3 Å². The average molecular weight is 766 g/mol. The Morgan fingerprint density at radius 1 is 1.04 bits per heavy atom. The van der Waals surface area contributed by atoms with E-state index < -0.39 is 14.2 Å². The maximum Gasteiger partial charge on any atom is 0.410 e. The summed E-state index contributed by atoms with van der Waals surface area (Å²) in [6.07, 6.45) is 4.00. The molecule has 2 aromatic heterocycles. The molecule has 0 aliphatic carbocycles. The van der Waals surface area contributed by atoms with E-state index in [-0.39, 0.29) is 19.1 Å². The molecule has 14 heteroatoms. The van der Waals surface area contributed by atoms with Gasteiger partial charge in [0.2, 0.25) is 0 Å². The number of carbonyl (C=O) groups is 1. The Balaban J connectivity index is 1.10. The SMILES string of the molecule is Cc1ccc2c(cnn2COCC[Si](C)(C)C)c1CN1Cc2nc(OC[C@@H]3CCCN3C)nc(N3CCN(C(=O)OCc4ccccc4)[C@@H](CC#N)C3)c2C1. The predicted octanol–water partition coefficient (Wildman–Crippen LogP) is 6.18. The van der Waals surface area contributed by atoms with Gasteiger partial charge in [-0.05, 0) is 62.2 Å². The van der Waals surface area contributed by atoms with Gasteiger partial charge in [-0.3, -0.25) is 4.90 Å². The molecule has 292 valence electrons. The number of piperazine rings is 1. The molecule has 2 aromatic carbocycles. The summed E-state index contributed by atoms with van der Waals surface area (Å²) >= 11 is 0. The summed E-state index contributed by atoms with van der Waals surface area (Å²) in [6, 6.07) is 17.8. The quantitative estimate of drug-likeness (QED) is 0.108. The molecule has 0 radical (unpaired) electrons. The number of hydrogen-bond donors (Lipinski definition) is 0. The Morgan fingerprint density at radius 3 is 2.64 bits per heavy atom. The van der Waals surface area contributed by atoms with Gasteiger partial charge in [-0.15, -0.1) is 0 Å². The van der Waals surface area contributed by atoms with Crippen LogP contribution in [0, 0.1) is 18.3 Å². The maximum atomic E-state index is 13.3. The molecule has 3 aliphatic heterocycles. The van der Waals surface area contributed by atoms with Crippen LogP contribution in [-0.4, -0.2) is 107 Å². The normalized spacial score (nSPS) is 19.2. The van der Waals surface area contributed by atoms with Gasteiger partial charge in [0.15, 0.2) is 0 Å². The average Bonchev–Trinajstić information content (AvgIpc) is 3.90. The number of anilines is 1. The van der Waals surface area contributed by atoms with Crippen LogP contribution in [-0.2, 0) is 42.4 Å². The lowest BCUT2D eigenvalue weighted by molar-refractivity contribution is 0.0767. The van der Waals surface area contributed by atoms with Crippen LogP contribution in [0.1, 0.15) is 47.2 Å². The number of hydrogen-bond acceptors (Lipinski definition) is 11. The predicted molar refractivity (Wildman–Crippen MR) is 214 cm³/mol. The minimum absolute atomic E-state index is 0.186. The molecule has 5 heterocycles. The minimum Gasteiger partial charge on any atom is -0.462 e. The molecule has 1 amide bonds. The van der Waals surface area contributed by atoms with Gasteiger partial charge in [-0.25, -0.2) is 9.48 Å². The zero-order valence-electron chi connectivity index (χ0n) is 33.0. The summed E-state index contributed by atoms with van der Waals surface area (Å²) in [7, 11) is 0.965. The highest BCUT2D eigenvalue weighted by atomic mass is 28.3. The number of ether oxygens (including phenoxy) is 3. The van der Waals surface area contributed by atoms with Crippen molar-refractivity contribution >= 4 is 30.9 Å². The maximum absolute atomic E-state index is 13.3. The van der Waals surface area contributed by atoms with E-state index >= 15 is 0 Å². The van der Waals surface area contributed by atoms with Crippen LogP contribution in [0.25, 0.3) is 10.9 Å². The molecule has 0 spiro atoms. The van der Waals surface area contributed by atoms with Crippen molar-refractivity contribution in [2.24, 2.45) is 0 Å². The summed E-state index contributed by atoms with van der Waals surface area (Å²) in [5.41, 5.74) is 6.47. The van der Waals surface area contributed by atoms with Crippen LogP contribution in [0.3, 0.4) is 0 Å². The fourth-order valence-electron chi connectivity index (χ4n) is 7.83. The first-order chi connectivity index (χ1) is 26.6. The zero-order chi connectivity index (χ0) is 38.5. The summed E-state index contributed by atoms with van der Waals surface area (Å²) in [5, 5.41) is 15.7. The van der Waals surface area contributed by atoms with Gasteiger partial charge >= 0.3 is 12.1 Å². The van der Waals surface area contributed by atoms with Crippen molar-refractivity contribution in [3.05, 3.63) is 76.6 Å². The van der Waals surface area contributed by atoms with Crippen LogP contribution >= 0.6 is 0 Å². The number of aromatic nitrogens is 4. The fourth-order valence-corrected chi connectivity index (χ4v) is 8.59. The summed E-state index contributed by atoms with van der Waals surface area (Å²) in [5.74, 6) is 0.820. The van der Waals surface area contributed by atoms with Crippen molar-refractivity contribution < 1.29 is 19.0 Å². The van der Waals surface area contributed by atoms with Crippen molar-refractivity contribution in [1.82, 2.24) is 34.4 Å². The molecule has 0 bridgehead atoms. The van der Waals surface area contributed by atoms with Gasteiger partial charge in [0.25, 0.3) is 0 Å². The Labute approximate surface area is 325 Å². The van der Waals surface area contributed by atoms with E-state index in [2.05, 4.69) is 66.5 Å². The van der Waals surface area contributed by atoms with Gasteiger partial charge in [0.05, 0.1) is 35.9 Å². The van der Waals surface area contributed by atoms with E-state index in [0.29, 0.717) is 58.1 Å². The number of likely N-dealkylation sites (N-methyl/N-ethyl adjacent to an activating group) is 1. The molecule has 2 atom stereocenters. The number of carbonyl (C=O) groups excluding carboxylic acids is 1. The molecular weight excluding hydrogens is 711 g/mol. The first-order valence-electron chi connectivity index (χ1n) is 19.6. The highest BCUT2D eigenvalue weighted by Gasteiger charge is 2.36. The van der Waals surface area contributed by atoms with Crippen molar-refractivity contribution in [3.8, 4) is 12.1 Å². The van der Waals surface area contributed by atoms with E-state index in [1.54, 1.807) is 4.90 Å². The topological polar surface area (TPSA) is 125 Å². The van der Waals surface area contributed by atoms with Gasteiger partial charge in [0, 0.05) is 70.9 Å². The smallest absolute Gasteiger partial charge is 0.410 e. The molecule has 0 saturated carbocycles. The van der Waals surface area contributed by atoms with Crippen molar-refractivity contribution in [2.45, 2.75) is 96.9 Å². The third-order valence-corrected chi connectivity index (χ3v) is 12.9. The van der Waals surface area contributed by atoms with Crippen molar-refractivity contribution in [1.29, 1.82) is 5.26 Å². The summed E-state index contributed by atoms with van der Waals surface area (Å²) in [6.45, 7) is 15.7. The van der Waals surface area contributed by atoms with Crippen LogP contribution in [0.5, 0.6) is 6.01 Å². The Morgan fingerprint density at radius 2 is 1.87 bits per heavy atom.